The zero-order chi connectivity index (χ0) is 16.5. The SMILES string of the molecule is C=CCOc1ccccc1OCC(O)CC1(CCO)C=CC=N1. The Labute approximate surface area is 136 Å². The lowest BCUT2D eigenvalue weighted by Crippen LogP contribution is -2.32. The van der Waals surface area contributed by atoms with Crippen molar-refractivity contribution in [3.05, 3.63) is 49.1 Å². The Morgan fingerprint density at radius 1 is 1.26 bits per heavy atom. The molecule has 0 bridgehead atoms. The molecule has 0 aromatic heterocycles. The fourth-order valence-electron chi connectivity index (χ4n) is 2.51. The molecule has 0 saturated carbocycles. The lowest BCUT2D eigenvalue weighted by molar-refractivity contribution is 0.0800. The summed E-state index contributed by atoms with van der Waals surface area (Å²) in [6, 6.07) is 7.31. The van der Waals surface area contributed by atoms with Gasteiger partial charge in [0.25, 0.3) is 0 Å². The predicted molar refractivity (Wildman–Crippen MR) is 90.3 cm³/mol. The minimum Gasteiger partial charge on any atom is -0.487 e. The molecule has 1 aliphatic heterocycles. The largest absolute Gasteiger partial charge is 0.487 e. The van der Waals surface area contributed by atoms with Crippen LogP contribution in [-0.2, 0) is 0 Å². The molecule has 5 nitrogen and oxygen atoms in total. The molecular weight excluding hydrogens is 294 g/mol. The number of para-hydroxylation sites is 2. The molecule has 0 fully saturated rings. The van der Waals surface area contributed by atoms with E-state index in [-0.39, 0.29) is 13.2 Å². The Kier molecular flexibility index (Phi) is 6.38. The average Bonchev–Trinajstić information content (AvgIpc) is 3.00. The summed E-state index contributed by atoms with van der Waals surface area (Å²) in [7, 11) is 0. The molecule has 1 heterocycles. The number of benzene rings is 1. The van der Waals surface area contributed by atoms with Crippen LogP contribution in [-0.4, -0.2) is 47.9 Å². The van der Waals surface area contributed by atoms with Gasteiger partial charge in [0.15, 0.2) is 11.5 Å². The van der Waals surface area contributed by atoms with Crippen molar-refractivity contribution < 1.29 is 19.7 Å². The molecule has 2 N–H and O–H groups in total. The van der Waals surface area contributed by atoms with E-state index >= 15 is 0 Å². The van der Waals surface area contributed by atoms with Crippen LogP contribution < -0.4 is 9.47 Å². The first-order valence-corrected chi connectivity index (χ1v) is 7.66. The Morgan fingerprint density at radius 3 is 2.61 bits per heavy atom. The number of aliphatic hydroxyl groups excluding tert-OH is 2. The maximum atomic E-state index is 10.3. The highest BCUT2D eigenvalue weighted by Gasteiger charge is 2.30. The van der Waals surface area contributed by atoms with Gasteiger partial charge < -0.3 is 19.7 Å². The first-order valence-electron chi connectivity index (χ1n) is 7.66. The quantitative estimate of drug-likeness (QED) is 0.649. The maximum Gasteiger partial charge on any atom is 0.161 e. The Morgan fingerprint density at radius 2 is 2.00 bits per heavy atom. The van der Waals surface area contributed by atoms with Crippen LogP contribution in [0.2, 0.25) is 0 Å². The fourth-order valence-corrected chi connectivity index (χ4v) is 2.51. The van der Waals surface area contributed by atoms with Crippen molar-refractivity contribution in [2.45, 2.75) is 24.5 Å². The van der Waals surface area contributed by atoms with Gasteiger partial charge in [-0.15, -0.1) is 0 Å². The third kappa shape index (κ3) is 4.94. The Bertz CT molecular complexity index is 556. The van der Waals surface area contributed by atoms with Gasteiger partial charge in [0.2, 0.25) is 0 Å². The lowest BCUT2D eigenvalue weighted by Gasteiger charge is -2.26. The molecular formula is C18H23NO4. The molecule has 1 aromatic rings. The second-order valence-corrected chi connectivity index (χ2v) is 5.43. The number of hydrogen-bond acceptors (Lipinski definition) is 5. The van der Waals surface area contributed by atoms with Crippen LogP contribution in [0, 0.1) is 0 Å². The van der Waals surface area contributed by atoms with Gasteiger partial charge in [0.1, 0.15) is 13.2 Å². The number of rotatable bonds is 10. The first kappa shape index (κ1) is 17.2. The van der Waals surface area contributed by atoms with Crippen LogP contribution >= 0.6 is 0 Å². The van der Waals surface area contributed by atoms with E-state index < -0.39 is 11.6 Å². The van der Waals surface area contributed by atoms with Gasteiger partial charge in [-0.25, -0.2) is 0 Å². The van der Waals surface area contributed by atoms with Crippen LogP contribution in [0.4, 0.5) is 0 Å². The van der Waals surface area contributed by atoms with Crippen molar-refractivity contribution in [3.63, 3.8) is 0 Å². The molecule has 0 saturated heterocycles. The monoisotopic (exact) mass is 317 g/mol. The highest BCUT2D eigenvalue weighted by molar-refractivity contribution is 5.75. The second kappa shape index (κ2) is 8.50. The van der Waals surface area contributed by atoms with Crippen molar-refractivity contribution in [2.75, 3.05) is 19.8 Å². The van der Waals surface area contributed by atoms with Crippen molar-refractivity contribution in [3.8, 4) is 11.5 Å². The number of hydrogen-bond donors (Lipinski definition) is 2. The van der Waals surface area contributed by atoms with Gasteiger partial charge in [0, 0.05) is 19.2 Å². The number of aliphatic imine (C=N–C) groups is 1. The van der Waals surface area contributed by atoms with E-state index in [0.717, 1.165) is 0 Å². The van der Waals surface area contributed by atoms with Crippen LogP contribution in [0.25, 0.3) is 0 Å². The zero-order valence-corrected chi connectivity index (χ0v) is 13.1. The Hall–Kier alpha value is -2.11. The smallest absolute Gasteiger partial charge is 0.161 e. The molecule has 2 rings (SSSR count). The van der Waals surface area contributed by atoms with Crippen molar-refractivity contribution in [1.29, 1.82) is 0 Å². The van der Waals surface area contributed by atoms with Crippen LogP contribution in [0.5, 0.6) is 11.5 Å². The molecule has 23 heavy (non-hydrogen) atoms. The molecule has 0 spiro atoms. The van der Waals surface area contributed by atoms with E-state index in [1.165, 1.54) is 0 Å². The molecule has 0 amide bonds. The molecule has 5 heteroatoms. The highest BCUT2D eigenvalue weighted by Crippen LogP contribution is 2.29. The van der Waals surface area contributed by atoms with E-state index in [9.17, 15) is 10.2 Å². The second-order valence-electron chi connectivity index (χ2n) is 5.43. The van der Waals surface area contributed by atoms with Crippen LogP contribution in [0.1, 0.15) is 12.8 Å². The number of aliphatic hydroxyl groups is 2. The van der Waals surface area contributed by atoms with Gasteiger partial charge in [-0.3, -0.25) is 4.99 Å². The number of allylic oxidation sites excluding steroid dienone is 1. The normalized spacial score (nSPS) is 20.4. The van der Waals surface area contributed by atoms with Gasteiger partial charge in [0.05, 0.1) is 11.6 Å². The summed E-state index contributed by atoms with van der Waals surface area (Å²) in [5, 5.41) is 19.4. The third-order valence-corrected chi connectivity index (χ3v) is 3.60. The van der Waals surface area contributed by atoms with E-state index in [1.54, 1.807) is 18.4 Å². The highest BCUT2D eigenvalue weighted by atomic mass is 16.5. The van der Waals surface area contributed by atoms with Crippen molar-refractivity contribution >= 4 is 6.21 Å². The summed E-state index contributed by atoms with van der Waals surface area (Å²) >= 11 is 0. The molecule has 0 aliphatic carbocycles. The predicted octanol–water partition coefficient (Wildman–Crippen LogP) is 2.14. The van der Waals surface area contributed by atoms with E-state index in [0.29, 0.717) is 30.9 Å². The lowest BCUT2D eigenvalue weighted by atomic mass is 9.90. The van der Waals surface area contributed by atoms with E-state index in [2.05, 4.69) is 11.6 Å². The minimum absolute atomic E-state index is 0.0213. The summed E-state index contributed by atoms with van der Waals surface area (Å²) in [6.07, 6.45) is 7.28. The molecule has 1 aliphatic rings. The fraction of sp³-hybridized carbons (Fsp3) is 0.389. The standard InChI is InChI=1S/C18H23NO4/c1-2-12-22-16-6-3-4-7-17(16)23-14-15(21)13-18(9-11-20)8-5-10-19-18/h2-8,10,15,20-21H,1,9,11-14H2. The van der Waals surface area contributed by atoms with Gasteiger partial charge in [-0.05, 0) is 24.6 Å². The third-order valence-electron chi connectivity index (χ3n) is 3.60. The van der Waals surface area contributed by atoms with Gasteiger partial charge in [-0.2, -0.15) is 0 Å². The van der Waals surface area contributed by atoms with Gasteiger partial charge >= 0.3 is 0 Å². The number of nitrogens with zero attached hydrogens (tertiary/aromatic N) is 1. The van der Waals surface area contributed by atoms with E-state index in [1.807, 2.05) is 30.4 Å². The average molecular weight is 317 g/mol. The topological polar surface area (TPSA) is 71.3 Å². The minimum atomic E-state index is -0.700. The van der Waals surface area contributed by atoms with Crippen LogP contribution in [0.15, 0.2) is 54.1 Å². The van der Waals surface area contributed by atoms with Crippen molar-refractivity contribution in [2.24, 2.45) is 4.99 Å². The zero-order valence-electron chi connectivity index (χ0n) is 13.1. The number of ether oxygens (including phenoxy) is 2. The summed E-state index contributed by atoms with van der Waals surface area (Å²) in [5.41, 5.74) is -0.531. The maximum absolute atomic E-state index is 10.3. The molecule has 2 unspecified atom stereocenters. The summed E-state index contributed by atoms with van der Waals surface area (Å²) < 4.78 is 11.2. The summed E-state index contributed by atoms with van der Waals surface area (Å²) in [4.78, 5) is 4.36. The summed E-state index contributed by atoms with van der Waals surface area (Å²) in [5.74, 6) is 1.19. The molecule has 2 atom stereocenters. The van der Waals surface area contributed by atoms with Crippen molar-refractivity contribution in [1.82, 2.24) is 0 Å². The molecule has 124 valence electrons. The first-order chi connectivity index (χ1) is 11.2. The summed E-state index contributed by atoms with van der Waals surface area (Å²) in [6.45, 7) is 4.16. The van der Waals surface area contributed by atoms with E-state index in [4.69, 9.17) is 9.47 Å². The van der Waals surface area contributed by atoms with Gasteiger partial charge in [-0.1, -0.05) is 30.9 Å². The Balaban J connectivity index is 1.91. The molecule has 1 aromatic carbocycles. The molecule has 0 radical (unpaired) electrons. The van der Waals surface area contributed by atoms with Crippen LogP contribution in [0.3, 0.4) is 0 Å².